The van der Waals surface area contributed by atoms with Crippen LogP contribution in [0.15, 0.2) is 10.9 Å². The molecule has 1 atom stereocenters. The molecule has 4 heteroatoms. The maximum atomic E-state index is 8.62. The molecule has 1 aromatic rings. The molecule has 1 N–H and O–H groups in total. The van der Waals surface area contributed by atoms with Crippen molar-refractivity contribution in [1.29, 1.82) is 0 Å². The lowest BCUT2D eigenvalue weighted by atomic mass is 10.5. The standard InChI is InChI=1S/C4H4ClNOS/c5-4(7)3-1-8-2-6-3/h1-2,4,7H. The molecule has 8 heavy (non-hydrogen) atoms. The molecule has 0 spiro atoms. The molecule has 0 bridgehead atoms. The van der Waals surface area contributed by atoms with Crippen molar-refractivity contribution >= 4 is 22.9 Å². The maximum absolute atomic E-state index is 8.62. The van der Waals surface area contributed by atoms with Gasteiger partial charge in [-0.25, -0.2) is 4.98 Å². The summed E-state index contributed by atoms with van der Waals surface area (Å²) in [6, 6.07) is 0. The van der Waals surface area contributed by atoms with Gasteiger partial charge in [0, 0.05) is 5.38 Å². The molecule has 1 aromatic heterocycles. The molecule has 0 aliphatic carbocycles. The number of rotatable bonds is 1. The molecule has 44 valence electrons. The van der Waals surface area contributed by atoms with E-state index in [1.807, 2.05) is 0 Å². The summed E-state index contributed by atoms with van der Waals surface area (Å²) in [4.78, 5) is 3.75. The molecule has 0 radical (unpaired) electrons. The zero-order valence-corrected chi connectivity index (χ0v) is 5.49. The lowest BCUT2D eigenvalue weighted by Crippen LogP contribution is -1.84. The molecule has 1 unspecified atom stereocenters. The van der Waals surface area contributed by atoms with E-state index in [1.165, 1.54) is 11.3 Å². The van der Waals surface area contributed by atoms with Crippen molar-refractivity contribution in [1.82, 2.24) is 4.98 Å². The summed E-state index contributed by atoms with van der Waals surface area (Å²) in [5.74, 6) is 0. The minimum absolute atomic E-state index is 0.525. The van der Waals surface area contributed by atoms with Crippen molar-refractivity contribution in [3.05, 3.63) is 16.6 Å². The van der Waals surface area contributed by atoms with E-state index in [4.69, 9.17) is 16.7 Å². The Hall–Kier alpha value is -0.120. The van der Waals surface area contributed by atoms with Gasteiger partial charge in [0.05, 0.1) is 11.2 Å². The third kappa shape index (κ3) is 1.18. The first-order valence-electron chi connectivity index (χ1n) is 2.01. The van der Waals surface area contributed by atoms with Crippen LogP contribution >= 0.6 is 22.9 Å². The lowest BCUT2D eigenvalue weighted by molar-refractivity contribution is 0.258. The Labute approximate surface area is 55.8 Å². The fourth-order valence-electron chi connectivity index (χ4n) is 0.340. The lowest BCUT2D eigenvalue weighted by Gasteiger charge is -1.91. The second-order valence-corrected chi connectivity index (χ2v) is 2.38. The summed E-state index contributed by atoms with van der Waals surface area (Å²) in [6.45, 7) is 0. The number of aliphatic hydroxyl groups is 1. The normalized spacial score (nSPS) is 13.8. The maximum Gasteiger partial charge on any atom is 0.171 e. The highest BCUT2D eigenvalue weighted by atomic mass is 35.5. The topological polar surface area (TPSA) is 33.1 Å². The fraction of sp³-hybridized carbons (Fsp3) is 0.250. The van der Waals surface area contributed by atoms with Crippen molar-refractivity contribution in [2.45, 2.75) is 5.56 Å². The average molecular weight is 150 g/mol. The zero-order chi connectivity index (χ0) is 5.98. The Bertz CT molecular complexity index is 151. The summed E-state index contributed by atoms with van der Waals surface area (Å²) >= 11 is 6.66. The van der Waals surface area contributed by atoms with Crippen LogP contribution in [-0.2, 0) is 0 Å². The number of halogens is 1. The van der Waals surface area contributed by atoms with E-state index >= 15 is 0 Å². The molecule has 0 saturated heterocycles. The Morgan fingerprint density at radius 3 is 2.88 bits per heavy atom. The van der Waals surface area contributed by atoms with E-state index in [2.05, 4.69) is 4.98 Å². The smallest absolute Gasteiger partial charge is 0.171 e. The Kier molecular flexibility index (Phi) is 1.83. The number of hydrogen-bond acceptors (Lipinski definition) is 3. The number of nitrogens with zero attached hydrogens (tertiary/aromatic N) is 1. The second-order valence-electron chi connectivity index (χ2n) is 1.25. The Morgan fingerprint density at radius 1 is 1.88 bits per heavy atom. The molecule has 0 aromatic carbocycles. The van der Waals surface area contributed by atoms with Crippen LogP contribution in [0.1, 0.15) is 11.3 Å². The van der Waals surface area contributed by atoms with Gasteiger partial charge in [-0.15, -0.1) is 11.3 Å². The van der Waals surface area contributed by atoms with E-state index in [9.17, 15) is 0 Å². The van der Waals surface area contributed by atoms with Gasteiger partial charge >= 0.3 is 0 Å². The first kappa shape index (κ1) is 6.01. The van der Waals surface area contributed by atoms with Crippen LogP contribution in [0, 0.1) is 0 Å². The summed E-state index contributed by atoms with van der Waals surface area (Å²) in [5.41, 5.74) is 1.21. The van der Waals surface area contributed by atoms with Crippen molar-refractivity contribution in [3.8, 4) is 0 Å². The molecular formula is C4H4ClNOS. The van der Waals surface area contributed by atoms with Crippen molar-refractivity contribution in [2.24, 2.45) is 0 Å². The minimum atomic E-state index is -0.943. The van der Waals surface area contributed by atoms with Gasteiger partial charge in [-0.3, -0.25) is 0 Å². The van der Waals surface area contributed by atoms with Crippen LogP contribution in [0.3, 0.4) is 0 Å². The van der Waals surface area contributed by atoms with Crippen LogP contribution in [0.25, 0.3) is 0 Å². The van der Waals surface area contributed by atoms with Gasteiger partial charge in [0.15, 0.2) is 5.56 Å². The molecule has 0 aliphatic heterocycles. The van der Waals surface area contributed by atoms with E-state index in [1.54, 1.807) is 10.9 Å². The summed E-state index contributed by atoms with van der Waals surface area (Å²) in [6.07, 6.45) is 0. The van der Waals surface area contributed by atoms with Crippen molar-refractivity contribution in [2.75, 3.05) is 0 Å². The summed E-state index contributed by atoms with van der Waals surface area (Å²) < 4.78 is 0. The summed E-state index contributed by atoms with van der Waals surface area (Å²) in [7, 11) is 0. The van der Waals surface area contributed by atoms with Gasteiger partial charge in [0.25, 0.3) is 0 Å². The van der Waals surface area contributed by atoms with Gasteiger partial charge < -0.3 is 5.11 Å². The van der Waals surface area contributed by atoms with Gasteiger partial charge in [0.2, 0.25) is 0 Å². The number of thiazole rings is 1. The number of aromatic nitrogens is 1. The monoisotopic (exact) mass is 149 g/mol. The number of aliphatic hydroxyl groups excluding tert-OH is 1. The fourth-order valence-corrected chi connectivity index (χ4v) is 1.11. The quantitative estimate of drug-likeness (QED) is 0.612. The number of hydrogen-bond donors (Lipinski definition) is 1. The van der Waals surface area contributed by atoms with Gasteiger partial charge in [-0.2, -0.15) is 0 Å². The molecule has 1 heterocycles. The molecule has 0 aliphatic rings. The largest absolute Gasteiger partial charge is 0.372 e. The highest BCUT2D eigenvalue weighted by Gasteiger charge is 2.01. The Morgan fingerprint density at radius 2 is 2.62 bits per heavy atom. The van der Waals surface area contributed by atoms with Crippen LogP contribution in [-0.4, -0.2) is 10.1 Å². The van der Waals surface area contributed by atoms with E-state index in [-0.39, 0.29) is 0 Å². The molecular weight excluding hydrogens is 146 g/mol. The molecule has 2 nitrogen and oxygen atoms in total. The first-order chi connectivity index (χ1) is 3.80. The molecule has 0 amide bonds. The summed E-state index contributed by atoms with van der Waals surface area (Å²) in [5, 5.41) is 10.3. The van der Waals surface area contributed by atoms with Crippen molar-refractivity contribution in [3.63, 3.8) is 0 Å². The van der Waals surface area contributed by atoms with Crippen LogP contribution in [0.2, 0.25) is 0 Å². The third-order valence-electron chi connectivity index (χ3n) is 0.695. The highest BCUT2D eigenvalue weighted by Crippen LogP contribution is 2.15. The van der Waals surface area contributed by atoms with Gasteiger partial charge in [0.1, 0.15) is 0 Å². The zero-order valence-electron chi connectivity index (χ0n) is 3.91. The third-order valence-corrected chi connectivity index (χ3v) is 1.52. The van der Waals surface area contributed by atoms with Crippen LogP contribution in [0.5, 0.6) is 0 Å². The average Bonchev–Trinajstić information content (AvgIpc) is 2.12. The van der Waals surface area contributed by atoms with Gasteiger partial charge in [-0.05, 0) is 0 Å². The number of alkyl halides is 1. The predicted molar refractivity (Wildman–Crippen MR) is 32.9 cm³/mol. The predicted octanol–water partition coefficient (Wildman–Crippen LogP) is 1.37. The van der Waals surface area contributed by atoms with E-state index in [0.717, 1.165) is 0 Å². The highest BCUT2D eigenvalue weighted by molar-refractivity contribution is 7.07. The van der Waals surface area contributed by atoms with Crippen molar-refractivity contribution < 1.29 is 5.11 Å². The van der Waals surface area contributed by atoms with E-state index < -0.39 is 5.56 Å². The van der Waals surface area contributed by atoms with Crippen LogP contribution < -0.4 is 0 Å². The second kappa shape index (κ2) is 2.44. The minimum Gasteiger partial charge on any atom is -0.372 e. The van der Waals surface area contributed by atoms with Gasteiger partial charge in [-0.1, -0.05) is 11.6 Å². The SMILES string of the molecule is OC(Cl)c1cscn1. The first-order valence-corrected chi connectivity index (χ1v) is 3.39. The molecule has 0 fully saturated rings. The van der Waals surface area contributed by atoms with Crippen LogP contribution in [0.4, 0.5) is 0 Å². The van der Waals surface area contributed by atoms with E-state index in [0.29, 0.717) is 5.69 Å². The molecule has 1 rings (SSSR count). The molecule has 0 saturated carbocycles. The Balaban J connectivity index is 2.77.